The number of allylic oxidation sites excluding steroid dienone is 4. The smallest absolute Gasteiger partial charge is 0.171 e. The van der Waals surface area contributed by atoms with E-state index in [4.69, 9.17) is 9.47 Å². The topological polar surface area (TPSA) is 72.8 Å². The van der Waals surface area contributed by atoms with E-state index in [2.05, 4.69) is 50.3 Å². The van der Waals surface area contributed by atoms with Crippen LogP contribution in [0.2, 0.25) is 18.1 Å². The van der Waals surface area contributed by atoms with E-state index in [0.29, 0.717) is 17.6 Å². The minimum atomic E-state index is -1.96. The summed E-state index contributed by atoms with van der Waals surface area (Å²) in [6.45, 7) is 11.2. The van der Waals surface area contributed by atoms with E-state index >= 15 is 0 Å². The Kier molecular flexibility index (Phi) is 5.10. The van der Waals surface area contributed by atoms with Gasteiger partial charge in [0.15, 0.2) is 17.4 Å². The number of aliphatic hydroxyl groups excluding tert-OH is 1. The molecule has 1 N–H and O–H groups in total. The van der Waals surface area contributed by atoms with Crippen LogP contribution in [0.25, 0.3) is 0 Å². The standard InChI is InChI=1S/C30H36O5Si/c1-28(2)34-23-16-20-24(26(32)19-12-9-13-22(31)25(19)27(20)33)21-14-15-29(3,17-30(21,23)35-28)36(4,5)18-10-7-6-8-11-18/h6-13,19,21,23,25,31H,14-17H2,1-5H3. The molecule has 0 amide bonds. The fraction of sp³-hybridized carbons (Fsp3) is 0.533. The van der Waals surface area contributed by atoms with Crippen LogP contribution in [0.1, 0.15) is 46.5 Å². The minimum Gasteiger partial charge on any atom is -0.512 e. The molecule has 36 heavy (non-hydrogen) atoms. The second-order valence-electron chi connectivity index (χ2n) is 12.7. The molecule has 6 rings (SSSR count). The molecule has 1 saturated heterocycles. The molecular formula is C30H36O5Si. The number of hydrogen-bond donors (Lipinski definition) is 1. The first-order chi connectivity index (χ1) is 16.9. The highest BCUT2D eigenvalue weighted by Gasteiger charge is 2.68. The van der Waals surface area contributed by atoms with Gasteiger partial charge in [-0.05, 0) is 44.2 Å². The Hall–Kier alpha value is -2.28. The van der Waals surface area contributed by atoms with Gasteiger partial charge in [0.05, 0.1) is 26.0 Å². The van der Waals surface area contributed by atoms with Crippen molar-refractivity contribution in [1.29, 1.82) is 0 Å². The second-order valence-corrected chi connectivity index (χ2v) is 17.7. The zero-order valence-electron chi connectivity index (χ0n) is 21.8. The molecule has 1 aliphatic heterocycles. The van der Waals surface area contributed by atoms with Gasteiger partial charge in [0.25, 0.3) is 0 Å². The minimum absolute atomic E-state index is 0.0139. The maximum Gasteiger partial charge on any atom is 0.171 e. The lowest BCUT2D eigenvalue weighted by Gasteiger charge is -2.58. The van der Waals surface area contributed by atoms with E-state index in [1.165, 1.54) is 11.3 Å². The lowest BCUT2D eigenvalue weighted by molar-refractivity contribution is -0.180. The van der Waals surface area contributed by atoms with Crippen molar-refractivity contribution in [3.8, 4) is 0 Å². The van der Waals surface area contributed by atoms with Crippen molar-refractivity contribution < 1.29 is 24.2 Å². The molecule has 5 nitrogen and oxygen atoms in total. The van der Waals surface area contributed by atoms with Crippen LogP contribution >= 0.6 is 0 Å². The Morgan fingerprint density at radius 3 is 2.50 bits per heavy atom. The van der Waals surface area contributed by atoms with Crippen molar-refractivity contribution in [3.63, 3.8) is 0 Å². The zero-order chi connectivity index (χ0) is 25.7. The molecule has 1 heterocycles. The molecule has 190 valence electrons. The van der Waals surface area contributed by atoms with Crippen LogP contribution in [0.15, 0.2) is 65.5 Å². The molecule has 6 unspecified atom stereocenters. The molecule has 1 aromatic carbocycles. The average molecular weight is 505 g/mol. The molecule has 0 radical (unpaired) electrons. The van der Waals surface area contributed by atoms with Crippen LogP contribution in [-0.2, 0) is 19.1 Å². The van der Waals surface area contributed by atoms with Crippen molar-refractivity contribution in [3.05, 3.63) is 65.5 Å². The van der Waals surface area contributed by atoms with E-state index in [1.807, 2.05) is 13.8 Å². The van der Waals surface area contributed by atoms with Crippen molar-refractivity contribution >= 4 is 24.8 Å². The molecule has 6 heteroatoms. The summed E-state index contributed by atoms with van der Waals surface area (Å²) in [7, 11) is -1.96. The zero-order valence-corrected chi connectivity index (χ0v) is 22.8. The maximum absolute atomic E-state index is 14.0. The van der Waals surface area contributed by atoms with Gasteiger partial charge in [0, 0.05) is 23.5 Å². The van der Waals surface area contributed by atoms with Crippen LogP contribution in [0.5, 0.6) is 0 Å². The summed E-state index contributed by atoms with van der Waals surface area (Å²) in [5, 5.41) is 12.0. The highest BCUT2D eigenvalue weighted by atomic mass is 28.3. The van der Waals surface area contributed by atoms with Gasteiger partial charge in [-0.15, -0.1) is 0 Å². The normalized spacial score (nSPS) is 39.2. The van der Waals surface area contributed by atoms with E-state index < -0.39 is 31.3 Å². The third kappa shape index (κ3) is 3.13. The number of carbonyl (C=O) groups is 2. The Bertz CT molecular complexity index is 1240. The highest BCUT2D eigenvalue weighted by Crippen LogP contribution is 2.65. The number of benzene rings is 1. The van der Waals surface area contributed by atoms with Gasteiger partial charge < -0.3 is 14.6 Å². The van der Waals surface area contributed by atoms with Crippen LogP contribution in [-0.4, -0.2) is 42.2 Å². The summed E-state index contributed by atoms with van der Waals surface area (Å²) in [6.07, 6.45) is 7.64. The van der Waals surface area contributed by atoms with Crippen molar-refractivity contribution in [2.24, 2.45) is 17.8 Å². The second kappa shape index (κ2) is 7.62. The van der Waals surface area contributed by atoms with Gasteiger partial charge in [-0.1, -0.05) is 67.7 Å². The van der Waals surface area contributed by atoms with Crippen molar-refractivity contribution in [2.75, 3.05) is 0 Å². The molecule has 2 fully saturated rings. The van der Waals surface area contributed by atoms with Gasteiger partial charge in [-0.2, -0.15) is 0 Å². The third-order valence-electron chi connectivity index (χ3n) is 10.1. The van der Waals surface area contributed by atoms with Crippen molar-refractivity contribution in [1.82, 2.24) is 0 Å². The number of rotatable bonds is 2. The molecular weight excluding hydrogens is 468 g/mol. The van der Waals surface area contributed by atoms with E-state index in [9.17, 15) is 14.7 Å². The number of aliphatic hydroxyl groups is 1. The molecule has 1 saturated carbocycles. The van der Waals surface area contributed by atoms with E-state index in [1.54, 1.807) is 12.2 Å². The van der Waals surface area contributed by atoms with Gasteiger partial charge in [0.1, 0.15) is 11.4 Å². The van der Waals surface area contributed by atoms with Crippen molar-refractivity contribution in [2.45, 2.75) is 82.1 Å². The summed E-state index contributed by atoms with van der Waals surface area (Å²) < 4.78 is 13.4. The number of fused-ring (bicyclic) bond motifs is 2. The molecule has 1 spiro atoms. The number of ether oxygens (including phenoxy) is 2. The predicted molar refractivity (Wildman–Crippen MR) is 141 cm³/mol. The fourth-order valence-corrected chi connectivity index (χ4v) is 11.1. The van der Waals surface area contributed by atoms with Gasteiger partial charge >= 0.3 is 0 Å². The van der Waals surface area contributed by atoms with Crippen LogP contribution in [0.3, 0.4) is 0 Å². The largest absolute Gasteiger partial charge is 0.512 e. The first-order valence-electron chi connectivity index (χ1n) is 13.2. The quantitative estimate of drug-likeness (QED) is 0.564. The maximum atomic E-state index is 14.0. The Balaban J connectivity index is 1.46. The summed E-state index contributed by atoms with van der Waals surface area (Å²) in [5.74, 6) is -2.57. The molecule has 0 aromatic heterocycles. The summed E-state index contributed by atoms with van der Waals surface area (Å²) >= 11 is 0. The lowest BCUT2D eigenvalue weighted by Crippen LogP contribution is -2.63. The molecule has 1 aromatic rings. The molecule has 4 aliphatic carbocycles. The Morgan fingerprint density at radius 2 is 1.78 bits per heavy atom. The predicted octanol–water partition coefficient (Wildman–Crippen LogP) is 5.15. The number of carbonyl (C=O) groups excluding carboxylic acids is 2. The molecule has 6 atom stereocenters. The summed E-state index contributed by atoms with van der Waals surface area (Å²) in [5.41, 5.74) is 0.568. The van der Waals surface area contributed by atoms with E-state index in [0.717, 1.165) is 19.3 Å². The Labute approximate surface area is 214 Å². The first-order valence-corrected chi connectivity index (χ1v) is 16.2. The first kappa shape index (κ1) is 24.1. The summed E-state index contributed by atoms with van der Waals surface area (Å²) in [4.78, 5) is 27.7. The highest BCUT2D eigenvalue weighted by molar-refractivity contribution is 6.92. The van der Waals surface area contributed by atoms with Crippen LogP contribution in [0.4, 0.5) is 0 Å². The SMILES string of the molecule is CC1(C)OC2CC3=C(C(=O)C4C=CC=C(O)C4C3=O)C3CCC(C)([Si](C)(C)c4ccccc4)CC23O1. The van der Waals surface area contributed by atoms with E-state index in [-0.39, 0.29) is 34.4 Å². The lowest BCUT2D eigenvalue weighted by atomic mass is 9.55. The van der Waals surface area contributed by atoms with Gasteiger partial charge in [-0.25, -0.2) is 0 Å². The number of Topliss-reactive ketones (excluding diaryl/α,β-unsaturated/α-hetero) is 2. The van der Waals surface area contributed by atoms with Crippen LogP contribution < -0.4 is 5.19 Å². The molecule has 5 aliphatic rings. The van der Waals surface area contributed by atoms with Gasteiger partial charge in [-0.3, -0.25) is 9.59 Å². The van der Waals surface area contributed by atoms with Crippen LogP contribution in [0, 0.1) is 17.8 Å². The average Bonchev–Trinajstić information content (AvgIpc) is 3.09. The monoisotopic (exact) mass is 504 g/mol. The third-order valence-corrected chi connectivity index (χ3v) is 15.3. The Morgan fingerprint density at radius 1 is 1.06 bits per heavy atom. The van der Waals surface area contributed by atoms with Gasteiger partial charge in [0.2, 0.25) is 0 Å². The summed E-state index contributed by atoms with van der Waals surface area (Å²) in [6, 6.07) is 10.8. The number of ketones is 2. The molecule has 0 bridgehead atoms. The number of hydrogen-bond acceptors (Lipinski definition) is 5. The fourth-order valence-electron chi connectivity index (χ4n) is 7.94.